The van der Waals surface area contributed by atoms with E-state index >= 15 is 0 Å². The summed E-state index contributed by atoms with van der Waals surface area (Å²) in [6, 6.07) is 16.9. The van der Waals surface area contributed by atoms with Crippen LogP contribution in [-0.4, -0.2) is 80.9 Å². The minimum atomic E-state index is 0.891. The van der Waals surface area contributed by atoms with Gasteiger partial charge in [-0.05, 0) is 138 Å². The number of piperazine rings is 1. The topological polar surface area (TPSA) is 65.1 Å². The van der Waals surface area contributed by atoms with Crippen molar-refractivity contribution in [3.05, 3.63) is 146 Å². The van der Waals surface area contributed by atoms with Gasteiger partial charge in [0.2, 0.25) is 0 Å². The van der Waals surface area contributed by atoms with E-state index < -0.39 is 0 Å². The molecule has 0 bridgehead atoms. The Hall–Kier alpha value is -4.14. The Bertz CT molecular complexity index is 2020. The lowest BCUT2D eigenvalue weighted by molar-refractivity contribution is 0.132. The predicted octanol–water partition coefficient (Wildman–Crippen LogP) is 7.33. The molecule has 8 nitrogen and oxygen atoms in total. The molecular weight excluding hydrogens is 641 g/mol. The molecule has 2 saturated carbocycles. The van der Waals surface area contributed by atoms with Gasteiger partial charge in [0.1, 0.15) is 0 Å². The summed E-state index contributed by atoms with van der Waals surface area (Å²) in [5, 5.41) is 7.48. The van der Waals surface area contributed by atoms with Gasteiger partial charge in [-0.1, -0.05) is 24.3 Å². The molecule has 6 aromatic rings. The van der Waals surface area contributed by atoms with Gasteiger partial charge >= 0.3 is 0 Å². The molecule has 3 fully saturated rings. The Labute approximate surface area is 308 Å². The monoisotopic (exact) mass is 686 g/mol. The largest absolute Gasteiger partial charge is 0.368 e. The zero-order chi connectivity index (χ0) is 35.0. The molecule has 3 aliphatic rings. The zero-order valence-electron chi connectivity index (χ0n) is 30.1. The molecule has 1 saturated heterocycles. The SMILES string of the molecule is Cc1cn2c(c(NCCCN3CCN(CCCNc4nc5ccccc5n5cc(C)c([C]6[CH][CH][CH][CH]6)c45)CC3)nc3ccccc32)c1[C]1[CH][CH][CH][CH]1. The highest BCUT2D eigenvalue weighted by atomic mass is 15.3. The molecule has 8 heteroatoms. The second-order valence-electron chi connectivity index (χ2n) is 14.3. The summed E-state index contributed by atoms with van der Waals surface area (Å²) in [6.07, 6.45) is 23.9. The maximum Gasteiger partial charge on any atom is 0.151 e. The summed E-state index contributed by atoms with van der Waals surface area (Å²) in [4.78, 5) is 15.5. The summed E-state index contributed by atoms with van der Waals surface area (Å²) in [7, 11) is 0. The number of nitrogens with one attached hydrogen (secondary N) is 2. The molecule has 5 heterocycles. The molecule has 262 valence electrons. The number of aromatic nitrogens is 4. The second-order valence-corrected chi connectivity index (χ2v) is 14.3. The first-order valence-electron chi connectivity index (χ1n) is 18.8. The molecule has 0 atom stereocenters. The van der Waals surface area contributed by atoms with Crippen LogP contribution < -0.4 is 10.6 Å². The van der Waals surface area contributed by atoms with E-state index in [1.807, 2.05) is 0 Å². The average molecular weight is 687 g/mol. The lowest BCUT2D eigenvalue weighted by Gasteiger charge is -2.34. The predicted molar refractivity (Wildman–Crippen MR) is 213 cm³/mol. The van der Waals surface area contributed by atoms with Gasteiger partial charge in [0.25, 0.3) is 0 Å². The first-order valence-corrected chi connectivity index (χ1v) is 18.8. The van der Waals surface area contributed by atoms with E-state index in [4.69, 9.17) is 9.97 Å². The molecule has 0 spiro atoms. The van der Waals surface area contributed by atoms with E-state index in [-0.39, 0.29) is 0 Å². The zero-order valence-corrected chi connectivity index (χ0v) is 30.1. The van der Waals surface area contributed by atoms with Crippen LogP contribution in [0, 0.1) is 77.0 Å². The summed E-state index contributed by atoms with van der Waals surface area (Å²) < 4.78 is 4.64. The number of benzene rings is 2. The Morgan fingerprint density at radius 1 is 0.558 bits per heavy atom. The van der Waals surface area contributed by atoms with Crippen LogP contribution in [0.5, 0.6) is 0 Å². The molecule has 0 unspecified atom stereocenters. The van der Waals surface area contributed by atoms with Crippen molar-refractivity contribution in [2.45, 2.75) is 26.7 Å². The van der Waals surface area contributed by atoms with Crippen molar-refractivity contribution < 1.29 is 0 Å². The van der Waals surface area contributed by atoms with Crippen LogP contribution in [0.3, 0.4) is 0 Å². The van der Waals surface area contributed by atoms with Crippen molar-refractivity contribution in [3.63, 3.8) is 0 Å². The molecule has 2 aliphatic carbocycles. The number of rotatable bonds is 12. The molecule has 4 aromatic heterocycles. The van der Waals surface area contributed by atoms with Crippen molar-refractivity contribution in [2.24, 2.45) is 0 Å². The Morgan fingerprint density at radius 3 is 1.38 bits per heavy atom. The van der Waals surface area contributed by atoms with Crippen LogP contribution in [0.4, 0.5) is 11.6 Å². The molecule has 0 amide bonds. The van der Waals surface area contributed by atoms with Gasteiger partial charge < -0.3 is 29.2 Å². The molecular formula is C44H46N8. The number of hydrogen-bond acceptors (Lipinski definition) is 6. The second kappa shape index (κ2) is 14.7. The van der Waals surface area contributed by atoms with Gasteiger partial charge in [-0.25, -0.2) is 9.97 Å². The van der Waals surface area contributed by atoms with Crippen molar-refractivity contribution in [3.8, 4) is 0 Å². The quantitative estimate of drug-likeness (QED) is 0.132. The van der Waals surface area contributed by atoms with Crippen molar-refractivity contribution in [1.29, 1.82) is 0 Å². The van der Waals surface area contributed by atoms with Crippen molar-refractivity contribution in [2.75, 3.05) is 63.0 Å². The highest BCUT2D eigenvalue weighted by Crippen LogP contribution is 2.40. The van der Waals surface area contributed by atoms with Crippen LogP contribution in [0.1, 0.15) is 35.1 Å². The van der Waals surface area contributed by atoms with Crippen LogP contribution >= 0.6 is 0 Å². The smallest absolute Gasteiger partial charge is 0.151 e. The molecule has 2 N–H and O–H groups in total. The molecule has 2 aromatic carbocycles. The minimum Gasteiger partial charge on any atom is -0.368 e. The van der Waals surface area contributed by atoms with Gasteiger partial charge in [-0.15, -0.1) is 0 Å². The number of para-hydroxylation sites is 4. The van der Waals surface area contributed by atoms with Crippen LogP contribution in [-0.2, 0) is 0 Å². The standard InChI is InChI=1S/C44H46N8/c1-31-29-51-37-19-9-7-17-35(37)47-43(41(51)39(31)33-13-3-4-14-33)45-21-11-23-49-25-27-50(28-26-49)24-12-22-46-44-42-40(34-15-5-6-16-34)32(2)30-52(42)38-20-10-8-18-36(38)48-44/h3-10,13-20,29-30H,11-12,21-28H2,1-2H3,(H,45,47)(H,46,48). The van der Waals surface area contributed by atoms with E-state index in [0.29, 0.717) is 0 Å². The maximum atomic E-state index is 5.12. The molecule has 10 radical (unpaired) electrons. The lowest BCUT2D eigenvalue weighted by atomic mass is 9.95. The molecule has 1 aliphatic heterocycles. The van der Waals surface area contributed by atoms with E-state index in [0.717, 1.165) is 110 Å². The van der Waals surface area contributed by atoms with Gasteiger partial charge in [0.05, 0.1) is 33.1 Å². The number of fused-ring (bicyclic) bond motifs is 6. The molecule has 9 rings (SSSR count). The van der Waals surface area contributed by atoms with Crippen LogP contribution in [0.25, 0.3) is 33.1 Å². The van der Waals surface area contributed by atoms with Crippen LogP contribution in [0.15, 0.2) is 60.9 Å². The van der Waals surface area contributed by atoms with Crippen molar-refractivity contribution >= 4 is 44.7 Å². The molecule has 52 heavy (non-hydrogen) atoms. The minimum absolute atomic E-state index is 0.891. The third-order valence-corrected chi connectivity index (χ3v) is 10.8. The first-order chi connectivity index (χ1) is 25.6. The Kier molecular flexibility index (Phi) is 9.53. The Morgan fingerprint density at radius 2 is 0.962 bits per heavy atom. The third kappa shape index (κ3) is 6.42. The van der Waals surface area contributed by atoms with Gasteiger partial charge in [0.15, 0.2) is 11.6 Å². The Balaban J connectivity index is 0.781. The fourth-order valence-corrected chi connectivity index (χ4v) is 8.29. The van der Waals surface area contributed by atoms with Crippen LogP contribution in [0.2, 0.25) is 0 Å². The average Bonchev–Trinajstić information content (AvgIpc) is 3.99. The number of anilines is 2. The highest BCUT2D eigenvalue weighted by Gasteiger charge is 2.28. The lowest BCUT2D eigenvalue weighted by Crippen LogP contribution is -2.47. The van der Waals surface area contributed by atoms with Gasteiger partial charge in [-0.2, -0.15) is 0 Å². The summed E-state index contributed by atoms with van der Waals surface area (Å²) in [5.41, 5.74) is 11.7. The fraction of sp³-hybridized carbons (Fsp3) is 0.273. The number of hydrogen-bond donors (Lipinski definition) is 2. The fourth-order valence-electron chi connectivity index (χ4n) is 8.29. The normalized spacial score (nSPS) is 18.2. The van der Waals surface area contributed by atoms with E-state index in [9.17, 15) is 0 Å². The van der Waals surface area contributed by atoms with E-state index in [2.05, 4.69) is 155 Å². The number of nitrogens with zero attached hydrogens (tertiary/aromatic N) is 6. The highest BCUT2D eigenvalue weighted by molar-refractivity contribution is 5.90. The third-order valence-electron chi connectivity index (χ3n) is 10.8. The first kappa shape index (κ1) is 33.7. The van der Waals surface area contributed by atoms with E-state index in [1.165, 1.54) is 34.1 Å². The van der Waals surface area contributed by atoms with Gasteiger partial charge in [-0.3, -0.25) is 0 Å². The summed E-state index contributed by atoms with van der Waals surface area (Å²) in [5.74, 6) is 4.43. The summed E-state index contributed by atoms with van der Waals surface area (Å²) >= 11 is 0. The van der Waals surface area contributed by atoms with Crippen molar-refractivity contribution in [1.82, 2.24) is 28.6 Å². The number of aryl methyl sites for hydroxylation is 2. The maximum absolute atomic E-state index is 5.12. The summed E-state index contributed by atoms with van der Waals surface area (Å²) in [6.45, 7) is 12.8. The van der Waals surface area contributed by atoms with Gasteiger partial charge in [0, 0.05) is 63.5 Å². The van der Waals surface area contributed by atoms with E-state index in [1.54, 1.807) is 0 Å².